The van der Waals surface area contributed by atoms with Crippen molar-refractivity contribution in [3.8, 4) is 5.75 Å². The highest BCUT2D eigenvalue weighted by molar-refractivity contribution is 6.22. The monoisotopic (exact) mass is 288 g/mol. The minimum atomic E-state index is -0.360. The molecule has 0 aromatic heterocycles. The maximum atomic E-state index is 12.3. The molecule has 1 saturated carbocycles. The summed E-state index contributed by atoms with van der Waals surface area (Å²) in [6.07, 6.45) is 3.39. The van der Waals surface area contributed by atoms with E-state index in [0.29, 0.717) is 18.3 Å². The molecule has 1 saturated heterocycles. The summed E-state index contributed by atoms with van der Waals surface area (Å²) in [5.41, 5.74) is 0.619. The molecule has 0 bridgehead atoms. The first-order valence-corrected chi connectivity index (χ1v) is 7.54. The first-order valence-electron chi connectivity index (χ1n) is 7.54. The van der Waals surface area contributed by atoms with E-state index in [4.69, 9.17) is 4.74 Å². The molecule has 2 amide bonds. The lowest BCUT2D eigenvalue weighted by atomic mass is 10.2. The predicted octanol–water partition coefficient (Wildman–Crippen LogP) is 1.86. The van der Waals surface area contributed by atoms with Crippen LogP contribution in [-0.2, 0) is 9.59 Å². The third-order valence-electron chi connectivity index (χ3n) is 3.73. The second-order valence-electron chi connectivity index (χ2n) is 5.61. The summed E-state index contributed by atoms with van der Waals surface area (Å²) in [6.45, 7) is 2.71. The second-order valence-corrected chi connectivity index (χ2v) is 5.61. The molecule has 0 radical (unpaired) electrons. The van der Waals surface area contributed by atoms with E-state index in [9.17, 15) is 9.59 Å². The molecule has 2 aliphatic rings. The molecule has 5 nitrogen and oxygen atoms in total. The summed E-state index contributed by atoms with van der Waals surface area (Å²) >= 11 is 0. The summed E-state index contributed by atoms with van der Waals surface area (Å²) in [5.74, 6) is 0.474. The Balaban J connectivity index is 1.70. The number of hydrogen-bond acceptors (Lipinski definition) is 4. The van der Waals surface area contributed by atoms with Crippen LogP contribution in [0.15, 0.2) is 24.3 Å². The smallest absolute Gasteiger partial charge is 0.251 e. The number of ether oxygens (including phenoxy) is 1. The van der Waals surface area contributed by atoms with Gasteiger partial charge in [0.25, 0.3) is 5.91 Å². The molecule has 112 valence electrons. The Bertz CT molecular complexity index is 537. The molecule has 1 atom stereocenters. The Morgan fingerprint density at radius 2 is 1.95 bits per heavy atom. The molecule has 2 fully saturated rings. The lowest BCUT2D eigenvalue weighted by molar-refractivity contribution is -0.121. The normalized spacial score (nSPS) is 22.0. The third kappa shape index (κ3) is 3.08. The molecule has 0 spiro atoms. The van der Waals surface area contributed by atoms with Crippen molar-refractivity contribution in [2.24, 2.45) is 0 Å². The highest BCUT2D eigenvalue weighted by Crippen LogP contribution is 2.27. The molecular weight excluding hydrogens is 268 g/mol. The van der Waals surface area contributed by atoms with Crippen LogP contribution in [0.5, 0.6) is 5.75 Å². The minimum absolute atomic E-state index is 0.139. The van der Waals surface area contributed by atoms with Gasteiger partial charge in [-0.25, -0.2) is 4.90 Å². The van der Waals surface area contributed by atoms with Gasteiger partial charge < -0.3 is 10.1 Å². The number of nitrogens with zero attached hydrogens (tertiary/aromatic N) is 1. The van der Waals surface area contributed by atoms with Crippen LogP contribution >= 0.6 is 0 Å². The van der Waals surface area contributed by atoms with E-state index >= 15 is 0 Å². The van der Waals surface area contributed by atoms with E-state index in [1.807, 2.05) is 6.92 Å². The van der Waals surface area contributed by atoms with Crippen LogP contribution in [0.25, 0.3) is 0 Å². The van der Waals surface area contributed by atoms with Crippen LogP contribution in [0.2, 0.25) is 0 Å². The maximum absolute atomic E-state index is 12.3. The van der Waals surface area contributed by atoms with Crippen molar-refractivity contribution >= 4 is 17.5 Å². The Kier molecular flexibility index (Phi) is 3.92. The van der Waals surface area contributed by atoms with Crippen molar-refractivity contribution in [1.82, 2.24) is 5.32 Å². The zero-order chi connectivity index (χ0) is 14.8. The van der Waals surface area contributed by atoms with E-state index in [2.05, 4.69) is 5.32 Å². The van der Waals surface area contributed by atoms with Crippen LogP contribution in [0.1, 0.15) is 32.6 Å². The van der Waals surface area contributed by atoms with Gasteiger partial charge in [0.05, 0.1) is 24.8 Å². The Hall–Kier alpha value is -1.88. The van der Waals surface area contributed by atoms with Crippen molar-refractivity contribution < 1.29 is 14.3 Å². The van der Waals surface area contributed by atoms with E-state index in [1.165, 1.54) is 4.90 Å². The van der Waals surface area contributed by atoms with Gasteiger partial charge in [-0.15, -0.1) is 0 Å². The number of benzene rings is 1. The number of imide groups is 1. The maximum Gasteiger partial charge on any atom is 0.251 e. The van der Waals surface area contributed by atoms with Crippen molar-refractivity contribution in [1.29, 1.82) is 0 Å². The molecule has 21 heavy (non-hydrogen) atoms. The first kappa shape index (κ1) is 14.1. The zero-order valence-corrected chi connectivity index (χ0v) is 12.2. The fraction of sp³-hybridized carbons (Fsp3) is 0.500. The van der Waals surface area contributed by atoms with Gasteiger partial charge in [0.2, 0.25) is 5.91 Å². The van der Waals surface area contributed by atoms with E-state index < -0.39 is 0 Å². The summed E-state index contributed by atoms with van der Waals surface area (Å²) in [4.78, 5) is 25.7. The average Bonchev–Trinajstić information content (AvgIpc) is 3.25. The lowest BCUT2D eigenvalue weighted by Crippen LogP contribution is -2.39. The molecule has 1 aliphatic carbocycles. The number of amides is 2. The molecular formula is C16H20N2O3. The standard InChI is InChI=1S/C16H20N2O3/c1-2-9-21-13-7-5-12(6-8-13)18-15(19)10-14(16(18)20)17-11-3-4-11/h5-8,11,14,17H,2-4,9-10H2,1H3/t14-/m1/s1. The Morgan fingerprint density at radius 1 is 1.24 bits per heavy atom. The first-order chi connectivity index (χ1) is 10.2. The van der Waals surface area contributed by atoms with Crippen LogP contribution in [0.3, 0.4) is 0 Å². The number of carbonyl (C=O) groups excluding carboxylic acids is 2. The Morgan fingerprint density at radius 3 is 2.57 bits per heavy atom. The van der Waals surface area contributed by atoms with Crippen LogP contribution < -0.4 is 15.0 Å². The van der Waals surface area contributed by atoms with Crippen molar-refractivity contribution in [2.45, 2.75) is 44.7 Å². The minimum Gasteiger partial charge on any atom is -0.494 e. The average molecular weight is 288 g/mol. The van der Waals surface area contributed by atoms with Crippen molar-refractivity contribution in [3.63, 3.8) is 0 Å². The summed E-state index contributed by atoms with van der Waals surface area (Å²) in [6, 6.07) is 7.18. The topological polar surface area (TPSA) is 58.6 Å². The molecule has 1 aromatic carbocycles. The van der Waals surface area contributed by atoms with E-state index in [1.54, 1.807) is 24.3 Å². The molecule has 1 N–H and O–H groups in total. The van der Waals surface area contributed by atoms with Crippen LogP contribution in [0.4, 0.5) is 5.69 Å². The molecule has 1 aromatic rings. The lowest BCUT2D eigenvalue weighted by Gasteiger charge is -2.16. The van der Waals surface area contributed by atoms with Gasteiger partial charge in [-0.1, -0.05) is 6.92 Å². The summed E-state index contributed by atoms with van der Waals surface area (Å²) in [7, 11) is 0. The second kappa shape index (κ2) is 5.85. The van der Waals surface area contributed by atoms with Crippen LogP contribution in [0, 0.1) is 0 Å². The third-order valence-corrected chi connectivity index (χ3v) is 3.73. The van der Waals surface area contributed by atoms with Gasteiger partial charge in [0.15, 0.2) is 0 Å². The van der Waals surface area contributed by atoms with Crippen LogP contribution in [-0.4, -0.2) is 30.5 Å². The van der Waals surface area contributed by atoms with E-state index in [0.717, 1.165) is 25.0 Å². The van der Waals surface area contributed by atoms with Crippen molar-refractivity contribution in [2.75, 3.05) is 11.5 Å². The number of rotatable bonds is 6. The number of carbonyl (C=O) groups is 2. The van der Waals surface area contributed by atoms with Gasteiger partial charge in [0, 0.05) is 6.04 Å². The van der Waals surface area contributed by atoms with Gasteiger partial charge in [-0.3, -0.25) is 9.59 Å². The largest absolute Gasteiger partial charge is 0.494 e. The fourth-order valence-corrected chi connectivity index (χ4v) is 2.48. The highest BCUT2D eigenvalue weighted by Gasteiger charge is 2.41. The Labute approximate surface area is 124 Å². The quantitative estimate of drug-likeness (QED) is 0.812. The number of hydrogen-bond donors (Lipinski definition) is 1. The van der Waals surface area contributed by atoms with E-state index in [-0.39, 0.29) is 24.3 Å². The molecule has 5 heteroatoms. The highest BCUT2D eigenvalue weighted by atomic mass is 16.5. The molecule has 3 rings (SSSR count). The zero-order valence-electron chi connectivity index (χ0n) is 12.2. The predicted molar refractivity (Wildman–Crippen MR) is 79.3 cm³/mol. The molecule has 1 heterocycles. The fourth-order valence-electron chi connectivity index (χ4n) is 2.48. The number of anilines is 1. The van der Waals surface area contributed by atoms with Crippen molar-refractivity contribution in [3.05, 3.63) is 24.3 Å². The molecule has 1 aliphatic heterocycles. The number of nitrogens with one attached hydrogen (secondary N) is 1. The summed E-state index contributed by atoms with van der Waals surface area (Å²) in [5, 5.41) is 3.24. The van der Waals surface area contributed by atoms with Gasteiger partial charge in [-0.05, 0) is 43.5 Å². The van der Waals surface area contributed by atoms with Gasteiger partial charge in [-0.2, -0.15) is 0 Å². The molecule has 0 unspecified atom stereocenters. The van der Waals surface area contributed by atoms with Gasteiger partial charge in [0.1, 0.15) is 5.75 Å². The van der Waals surface area contributed by atoms with Gasteiger partial charge >= 0.3 is 0 Å². The SMILES string of the molecule is CCCOc1ccc(N2C(=O)C[C@@H](NC3CC3)C2=O)cc1. The summed E-state index contributed by atoms with van der Waals surface area (Å²) < 4.78 is 5.51.